The van der Waals surface area contributed by atoms with Gasteiger partial charge in [0.15, 0.2) is 5.82 Å². The standard InChI is InChI=1S/C13H18N6O2/c1-2-5-14-12(20)7-11-15-13(21-18-11)8-3-4-9-10(6-8)17-19-16-9/h8H,2-7H2,1H3,(H,14,20)(H,16,17,19). The number of fused-ring (bicyclic) bond motifs is 1. The normalized spacial score (nSPS) is 17.5. The van der Waals surface area contributed by atoms with Gasteiger partial charge < -0.3 is 9.84 Å². The van der Waals surface area contributed by atoms with E-state index in [4.69, 9.17) is 4.52 Å². The van der Waals surface area contributed by atoms with E-state index >= 15 is 0 Å². The predicted molar refractivity (Wildman–Crippen MR) is 72.5 cm³/mol. The summed E-state index contributed by atoms with van der Waals surface area (Å²) in [6.45, 7) is 2.68. The first-order valence-corrected chi connectivity index (χ1v) is 7.24. The molecular formula is C13H18N6O2. The Morgan fingerprint density at radius 2 is 2.29 bits per heavy atom. The molecule has 2 aromatic rings. The van der Waals surface area contributed by atoms with Crippen LogP contribution < -0.4 is 5.32 Å². The van der Waals surface area contributed by atoms with E-state index in [0.29, 0.717) is 18.3 Å². The molecule has 8 nitrogen and oxygen atoms in total. The number of carbonyl (C=O) groups excluding carboxylic acids is 1. The highest BCUT2D eigenvalue weighted by Gasteiger charge is 2.27. The minimum Gasteiger partial charge on any atom is -0.356 e. The van der Waals surface area contributed by atoms with Crippen molar-refractivity contribution in [1.29, 1.82) is 0 Å². The molecule has 2 aromatic heterocycles. The topological polar surface area (TPSA) is 110 Å². The molecule has 2 heterocycles. The Morgan fingerprint density at radius 3 is 3.14 bits per heavy atom. The first-order chi connectivity index (χ1) is 10.3. The van der Waals surface area contributed by atoms with E-state index in [1.54, 1.807) is 0 Å². The number of aromatic nitrogens is 5. The van der Waals surface area contributed by atoms with Gasteiger partial charge in [0, 0.05) is 18.9 Å². The number of nitrogens with one attached hydrogen (secondary N) is 2. The van der Waals surface area contributed by atoms with E-state index < -0.39 is 0 Å². The maximum atomic E-state index is 11.6. The molecule has 8 heteroatoms. The largest absolute Gasteiger partial charge is 0.356 e. The Labute approximate surface area is 121 Å². The number of H-pyrrole nitrogens is 1. The molecule has 1 aliphatic carbocycles. The molecule has 0 fully saturated rings. The molecule has 3 rings (SSSR count). The average Bonchev–Trinajstić information content (AvgIpc) is 3.12. The smallest absolute Gasteiger partial charge is 0.230 e. The van der Waals surface area contributed by atoms with Crippen molar-refractivity contribution in [3.63, 3.8) is 0 Å². The number of hydrogen-bond acceptors (Lipinski definition) is 6. The van der Waals surface area contributed by atoms with Gasteiger partial charge in [0.25, 0.3) is 0 Å². The van der Waals surface area contributed by atoms with Gasteiger partial charge in [0.2, 0.25) is 11.8 Å². The second kappa shape index (κ2) is 6.02. The number of aromatic amines is 1. The molecule has 0 bridgehead atoms. The van der Waals surface area contributed by atoms with Crippen LogP contribution in [-0.2, 0) is 24.1 Å². The summed E-state index contributed by atoms with van der Waals surface area (Å²) in [5.74, 6) is 1.10. The molecule has 112 valence electrons. The zero-order chi connectivity index (χ0) is 14.7. The fourth-order valence-corrected chi connectivity index (χ4v) is 2.47. The van der Waals surface area contributed by atoms with Crippen molar-refractivity contribution in [3.8, 4) is 0 Å². The molecule has 2 N–H and O–H groups in total. The first-order valence-electron chi connectivity index (χ1n) is 7.24. The van der Waals surface area contributed by atoms with Crippen LogP contribution >= 0.6 is 0 Å². The van der Waals surface area contributed by atoms with Crippen molar-refractivity contribution in [2.75, 3.05) is 6.54 Å². The molecule has 0 aliphatic heterocycles. The SMILES string of the molecule is CCCNC(=O)Cc1noc(C2CCc3n[nH]nc3C2)n1. The molecule has 21 heavy (non-hydrogen) atoms. The van der Waals surface area contributed by atoms with Crippen LogP contribution in [0.3, 0.4) is 0 Å². The van der Waals surface area contributed by atoms with Crippen LogP contribution in [-0.4, -0.2) is 38.0 Å². The van der Waals surface area contributed by atoms with E-state index in [-0.39, 0.29) is 18.2 Å². The van der Waals surface area contributed by atoms with Gasteiger partial charge in [0.05, 0.1) is 17.8 Å². The Bertz CT molecular complexity index is 620. The third-order valence-corrected chi connectivity index (χ3v) is 3.60. The molecule has 0 radical (unpaired) electrons. The van der Waals surface area contributed by atoms with Gasteiger partial charge in [0.1, 0.15) is 0 Å². The summed E-state index contributed by atoms with van der Waals surface area (Å²) in [6, 6.07) is 0. The number of carbonyl (C=O) groups is 1. The lowest BCUT2D eigenvalue weighted by Crippen LogP contribution is -2.26. The van der Waals surface area contributed by atoms with Crippen LogP contribution in [0.1, 0.15) is 48.8 Å². The van der Waals surface area contributed by atoms with Crippen molar-refractivity contribution in [2.24, 2.45) is 0 Å². The maximum absolute atomic E-state index is 11.6. The van der Waals surface area contributed by atoms with Gasteiger partial charge >= 0.3 is 0 Å². The number of amides is 1. The number of hydrogen-bond donors (Lipinski definition) is 2. The second-order valence-electron chi connectivity index (χ2n) is 5.23. The van der Waals surface area contributed by atoms with Gasteiger partial charge in [-0.05, 0) is 19.3 Å². The lowest BCUT2D eigenvalue weighted by molar-refractivity contribution is -0.120. The van der Waals surface area contributed by atoms with Gasteiger partial charge in [-0.2, -0.15) is 20.4 Å². The van der Waals surface area contributed by atoms with Crippen molar-refractivity contribution in [1.82, 2.24) is 30.9 Å². The lowest BCUT2D eigenvalue weighted by Gasteiger charge is -2.15. The van der Waals surface area contributed by atoms with E-state index in [9.17, 15) is 4.79 Å². The highest BCUT2D eigenvalue weighted by molar-refractivity contribution is 5.77. The highest BCUT2D eigenvalue weighted by atomic mass is 16.5. The van der Waals surface area contributed by atoms with Crippen molar-refractivity contribution in [3.05, 3.63) is 23.1 Å². The molecule has 0 aromatic carbocycles. The van der Waals surface area contributed by atoms with E-state index in [1.165, 1.54) is 0 Å². The van der Waals surface area contributed by atoms with Gasteiger partial charge in [-0.15, -0.1) is 0 Å². The van der Waals surface area contributed by atoms with Crippen LogP contribution in [0.2, 0.25) is 0 Å². The van der Waals surface area contributed by atoms with Crippen LogP contribution in [0.4, 0.5) is 0 Å². The summed E-state index contributed by atoms with van der Waals surface area (Å²) in [7, 11) is 0. The molecule has 0 saturated carbocycles. The molecule has 0 spiro atoms. The fraction of sp³-hybridized carbons (Fsp3) is 0.615. The van der Waals surface area contributed by atoms with Gasteiger partial charge in [-0.1, -0.05) is 12.1 Å². The first kappa shape index (κ1) is 13.7. The molecule has 1 unspecified atom stereocenters. The minimum atomic E-state index is -0.0772. The molecule has 1 aliphatic rings. The second-order valence-corrected chi connectivity index (χ2v) is 5.23. The quantitative estimate of drug-likeness (QED) is 0.831. The predicted octanol–water partition coefficient (Wildman–Crippen LogP) is 0.529. The summed E-state index contributed by atoms with van der Waals surface area (Å²) in [5, 5.41) is 17.6. The van der Waals surface area contributed by atoms with Gasteiger partial charge in [-0.25, -0.2) is 0 Å². The van der Waals surface area contributed by atoms with Gasteiger partial charge in [-0.3, -0.25) is 4.79 Å². The average molecular weight is 290 g/mol. The third kappa shape index (κ3) is 3.09. The number of nitrogens with zero attached hydrogens (tertiary/aromatic N) is 4. The zero-order valence-electron chi connectivity index (χ0n) is 11.9. The lowest BCUT2D eigenvalue weighted by atomic mass is 9.90. The summed E-state index contributed by atoms with van der Waals surface area (Å²) in [6.07, 6.45) is 3.57. The monoisotopic (exact) mass is 290 g/mol. The third-order valence-electron chi connectivity index (χ3n) is 3.60. The van der Waals surface area contributed by atoms with Crippen molar-refractivity contribution in [2.45, 2.75) is 44.9 Å². The minimum absolute atomic E-state index is 0.0772. The van der Waals surface area contributed by atoms with Crippen molar-refractivity contribution >= 4 is 5.91 Å². The van der Waals surface area contributed by atoms with Crippen LogP contribution in [0.15, 0.2) is 4.52 Å². The van der Waals surface area contributed by atoms with Crippen LogP contribution in [0, 0.1) is 0 Å². The highest BCUT2D eigenvalue weighted by Crippen LogP contribution is 2.29. The van der Waals surface area contributed by atoms with Crippen molar-refractivity contribution < 1.29 is 9.32 Å². The molecular weight excluding hydrogens is 272 g/mol. The van der Waals surface area contributed by atoms with Crippen LogP contribution in [0.25, 0.3) is 0 Å². The summed E-state index contributed by atoms with van der Waals surface area (Å²) in [4.78, 5) is 16.0. The Morgan fingerprint density at radius 1 is 1.43 bits per heavy atom. The maximum Gasteiger partial charge on any atom is 0.230 e. The summed E-state index contributed by atoms with van der Waals surface area (Å²) < 4.78 is 5.30. The Balaban J connectivity index is 1.62. The molecule has 1 amide bonds. The summed E-state index contributed by atoms with van der Waals surface area (Å²) in [5.41, 5.74) is 1.98. The number of aryl methyl sites for hydroxylation is 1. The Hall–Kier alpha value is -2.25. The zero-order valence-corrected chi connectivity index (χ0v) is 11.9. The molecule has 1 atom stereocenters. The van der Waals surface area contributed by atoms with E-state index in [2.05, 4.69) is 30.9 Å². The van der Waals surface area contributed by atoms with E-state index in [0.717, 1.165) is 37.1 Å². The summed E-state index contributed by atoms with van der Waals surface area (Å²) >= 11 is 0. The molecule has 0 saturated heterocycles. The van der Waals surface area contributed by atoms with Crippen LogP contribution in [0.5, 0.6) is 0 Å². The van der Waals surface area contributed by atoms with E-state index in [1.807, 2.05) is 6.92 Å². The fourth-order valence-electron chi connectivity index (χ4n) is 2.47. The number of rotatable bonds is 5. The Kier molecular flexibility index (Phi) is 3.94.